The zero-order valence-electron chi connectivity index (χ0n) is 7.65. The minimum Gasteiger partial charge on any atom is -0.475 e. The Hall–Kier alpha value is -1.76. The summed E-state index contributed by atoms with van der Waals surface area (Å²) in [6.45, 7) is 0. The first-order valence-electron chi connectivity index (χ1n) is 4.11. The van der Waals surface area contributed by atoms with Gasteiger partial charge in [-0.1, -0.05) is 6.07 Å². The third-order valence-corrected chi connectivity index (χ3v) is 2.41. The first kappa shape index (κ1) is 10.7. The maximum Gasteiger partial charge on any atom is 0.377 e. The fourth-order valence-electron chi connectivity index (χ4n) is 1.09. The highest BCUT2D eigenvalue weighted by Crippen LogP contribution is 2.26. The van der Waals surface area contributed by atoms with Crippen molar-refractivity contribution in [3.8, 4) is 11.5 Å². The van der Waals surface area contributed by atoms with Crippen LogP contribution in [0.5, 0.6) is 0 Å². The zero-order valence-corrected chi connectivity index (χ0v) is 9.23. The van der Waals surface area contributed by atoms with E-state index in [1.807, 2.05) is 0 Å². The highest BCUT2D eigenvalue weighted by atomic mass is 79.9. The summed E-state index contributed by atoms with van der Waals surface area (Å²) >= 11 is 3.00. The van der Waals surface area contributed by atoms with Crippen molar-refractivity contribution >= 4 is 21.9 Å². The molecule has 0 unspecified atom stereocenters. The number of nitrogens with zero attached hydrogens (tertiary/aromatic N) is 2. The van der Waals surface area contributed by atoms with Crippen LogP contribution in [0.25, 0.3) is 11.5 Å². The molecule has 0 bridgehead atoms. The van der Waals surface area contributed by atoms with Gasteiger partial charge >= 0.3 is 5.97 Å². The van der Waals surface area contributed by atoms with Crippen LogP contribution in [0, 0.1) is 5.82 Å². The van der Waals surface area contributed by atoms with Gasteiger partial charge in [0.15, 0.2) is 0 Å². The van der Waals surface area contributed by atoms with Gasteiger partial charge in [0.25, 0.3) is 11.7 Å². The van der Waals surface area contributed by atoms with Crippen molar-refractivity contribution in [2.75, 3.05) is 0 Å². The molecule has 2 aromatic rings. The molecule has 1 aromatic carbocycles. The van der Waals surface area contributed by atoms with Gasteiger partial charge < -0.3 is 9.63 Å². The minimum atomic E-state index is -1.33. The fraction of sp³-hybridized carbons (Fsp3) is 0. The largest absolute Gasteiger partial charge is 0.475 e. The Morgan fingerprint density at radius 1 is 1.50 bits per heavy atom. The van der Waals surface area contributed by atoms with Crippen LogP contribution in [-0.2, 0) is 0 Å². The predicted molar refractivity (Wildman–Crippen MR) is 54.4 cm³/mol. The van der Waals surface area contributed by atoms with Crippen LogP contribution < -0.4 is 0 Å². The second kappa shape index (κ2) is 4.01. The number of hydrogen-bond acceptors (Lipinski definition) is 4. The van der Waals surface area contributed by atoms with Crippen LogP contribution in [0.3, 0.4) is 0 Å². The Balaban J connectivity index is 2.50. The Morgan fingerprint density at radius 2 is 2.25 bits per heavy atom. The van der Waals surface area contributed by atoms with Gasteiger partial charge in [-0.3, -0.25) is 0 Å². The van der Waals surface area contributed by atoms with Gasteiger partial charge in [0.1, 0.15) is 5.82 Å². The molecule has 1 N–H and O–H groups in total. The molecule has 0 fully saturated rings. The van der Waals surface area contributed by atoms with E-state index in [4.69, 9.17) is 5.11 Å². The van der Waals surface area contributed by atoms with Crippen molar-refractivity contribution in [1.29, 1.82) is 0 Å². The number of carbonyl (C=O) groups is 1. The molecule has 16 heavy (non-hydrogen) atoms. The van der Waals surface area contributed by atoms with E-state index in [0.717, 1.165) is 0 Å². The molecule has 0 aliphatic carbocycles. The molecule has 0 amide bonds. The summed E-state index contributed by atoms with van der Waals surface area (Å²) < 4.78 is 18.5. The predicted octanol–water partition coefficient (Wildman–Crippen LogP) is 2.34. The second-order valence-corrected chi connectivity index (χ2v) is 3.68. The van der Waals surface area contributed by atoms with Crippen molar-refractivity contribution in [1.82, 2.24) is 10.1 Å². The van der Waals surface area contributed by atoms with Crippen molar-refractivity contribution in [3.63, 3.8) is 0 Å². The molecule has 0 spiro atoms. The zero-order chi connectivity index (χ0) is 11.7. The van der Waals surface area contributed by atoms with Crippen LogP contribution in [0.4, 0.5) is 4.39 Å². The molecule has 82 valence electrons. The summed E-state index contributed by atoms with van der Waals surface area (Å²) in [5.74, 6) is -2.58. The summed E-state index contributed by atoms with van der Waals surface area (Å²) in [5.41, 5.74) is 0.0503. The molecular formula is C9H4BrFN2O3. The number of benzene rings is 1. The summed E-state index contributed by atoms with van der Waals surface area (Å²) in [6, 6.07) is 4.50. The van der Waals surface area contributed by atoms with Gasteiger partial charge in [0.2, 0.25) is 0 Å². The van der Waals surface area contributed by atoms with Gasteiger partial charge in [0.05, 0.1) is 10.0 Å². The highest BCUT2D eigenvalue weighted by molar-refractivity contribution is 9.10. The molecule has 7 heteroatoms. The Bertz CT molecular complexity index is 555. The lowest BCUT2D eigenvalue weighted by atomic mass is 10.2. The first-order chi connectivity index (χ1) is 7.59. The van der Waals surface area contributed by atoms with E-state index in [1.165, 1.54) is 12.1 Å². The van der Waals surface area contributed by atoms with Crippen molar-refractivity contribution in [3.05, 3.63) is 34.3 Å². The van der Waals surface area contributed by atoms with Gasteiger partial charge in [-0.05, 0) is 33.2 Å². The van der Waals surface area contributed by atoms with Crippen LogP contribution in [-0.4, -0.2) is 21.2 Å². The summed E-state index contributed by atoms with van der Waals surface area (Å²) in [4.78, 5) is 14.1. The van der Waals surface area contributed by atoms with Crippen molar-refractivity contribution in [2.24, 2.45) is 0 Å². The number of halogens is 2. The van der Waals surface area contributed by atoms with E-state index < -0.39 is 17.6 Å². The standard InChI is InChI=1S/C9H4BrFN2O3/c10-5-3-1-2-4(6(5)11)8-12-7(9(14)15)13-16-8/h1-3H,(H,14,15). The lowest BCUT2D eigenvalue weighted by molar-refractivity contribution is 0.0680. The van der Waals surface area contributed by atoms with Gasteiger partial charge in [-0.15, -0.1) is 0 Å². The van der Waals surface area contributed by atoms with E-state index in [2.05, 4.69) is 30.6 Å². The van der Waals surface area contributed by atoms with Gasteiger partial charge in [-0.2, -0.15) is 4.98 Å². The first-order valence-corrected chi connectivity index (χ1v) is 4.90. The molecule has 2 rings (SSSR count). The van der Waals surface area contributed by atoms with E-state index in [9.17, 15) is 9.18 Å². The van der Waals surface area contributed by atoms with E-state index in [-0.39, 0.29) is 15.9 Å². The average Bonchev–Trinajstić information content (AvgIpc) is 2.71. The average molecular weight is 287 g/mol. The molecule has 0 atom stereocenters. The van der Waals surface area contributed by atoms with E-state index in [1.54, 1.807) is 6.07 Å². The Morgan fingerprint density at radius 3 is 2.88 bits per heavy atom. The monoisotopic (exact) mass is 286 g/mol. The summed E-state index contributed by atoms with van der Waals surface area (Å²) in [5, 5.41) is 11.8. The molecule has 0 saturated carbocycles. The topological polar surface area (TPSA) is 76.2 Å². The maximum atomic E-state index is 13.6. The summed E-state index contributed by atoms with van der Waals surface area (Å²) in [7, 11) is 0. The van der Waals surface area contributed by atoms with E-state index >= 15 is 0 Å². The number of rotatable bonds is 2. The number of hydrogen-bond donors (Lipinski definition) is 1. The molecule has 1 heterocycles. The highest BCUT2D eigenvalue weighted by Gasteiger charge is 2.17. The molecule has 0 aliphatic heterocycles. The SMILES string of the molecule is O=C(O)c1noc(-c2cccc(Br)c2F)n1. The molecular weight excluding hydrogens is 283 g/mol. The quantitative estimate of drug-likeness (QED) is 0.917. The van der Waals surface area contributed by atoms with E-state index in [0.29, 0.717) is 0 Å². The molecule has 0 radical (unpaired) electrons. The van der Waals surface area contributed by atoms with Gasteiger partial charge in [0, 0.05) is 0 Å². The smallest absolute Gasteiger partial charge is 0.377 e. The Kier molecular flexibility index (Phi) is 2.69. The minimum absolute atomic E-state index is 0.0503. The number of aromatic carboxylic acids is 1. The Labute approximate surface area is 97.0 Å². The molecule has 0 aliphatic rings. The van der Waals surface area contributed by atoms with Crippen LogP contribution >= 0.6 is 15.9 Å². The van der Waals surface area contributed by atoms with Crippen molar-refractivity contribution in [2.45, 2.75) is 0 Å². The number of carboxylic acid groups (broad SMARTS) is 1. The van der Waals surface area contributed by atoms with Crippen LogP contribution in [0.1, 0.15) is 10.6 Å². The lowest BCUT2D eigenvalue weighted by Crippen LogP contribution is -1.98. The van der Waals surface area contributed by atoms with Crippen molar-refractivity contribution < 1.29 is 18.8 Å². The van der Waals surface area contributed by atoms with Gasteiger partial charge in [-0.25, -0.2) is 9.18 Å². The third kappa shape index (κ3) is 1.81. The van der Waals surface area contributed by atoms with Crippen LogP contribution in [0.2, 0.25) is 0 Å². The fourth-order valence-corrected chi connectivity index (χ4v) is 1.45. The second-order valence-electron chi connectivity index (χ2n) is 2.83. The number of carboxylic acids is 1. The maximum absolute atomic E-state index is 13.6. The normalized spacial score (nSPS) is 10.4. The lowest BCUT2D eigenvalue weighted by Gasteiger charge is -1.98. The summed E-state index contributed by atoms with van der Waals surface area (Å²) in [6.07, 6.45) is 0. The molecule has 1 aromatic heterocycles. The van der Waals surface area contributed by atoms with Crippen LogP contribution in [0.15, 0.2) is 27.2 Å². The molecule has 0 saturated heterocycles. The number of aromatic nitrogens is 2. The third-order valence-electron chi connectivity index (χ3n) is 1.80. The molecule has 5 nitrogen and oxygen atoms in total.